The first-order valence-corrected chi connectivity index (χ1v) is 12.7. The lowest BCUT2D eigenvalue weighted by molar-refractivity contribution is -0.142. The summed E-state index contributed by atoms with van der Waals surface area (Å²) in [5, 5.41) is 2.90. The van der Waals surface area contributed by atoms with Gasteiger partial charge in [0.1, 0.15) is 0 Å². The summed E-state index contributed by atoms with van der Waals surface area (Å²) in [6, 6.07) is 5.08. The van der Waals surface area contributed by atoms with Crippen LogP contribution in [-0.4, -0.2) is 55.6 Å². The molecule has 0 spiro atoms. The molecule has 3 rings (SSSR count). The van der Waals surface area contributed by atoms with Crippen molar-refractivity contribution in [3.63, 3.8) is 0 Å². The second-order valence-electron chi connectivity index (χ2n) is 9.75. The fourth-order valence-electron chi connectivity index (χ4n) is 4.26. The second kappa shape index (κ2) is 9.28. The molecule has 2 amide bonds. The number of piperidine rings is 2. The van der Waals surface area contributed by atoms with Crippen LogP contribution in [-0.2, 0) is 19.6 Å². The van der Waals surface area contributed by atoms with Crippen LogP contribution in [0.5, 0.6) is 0 Å². The number of anilines is 1. The average molecular weight is 450 g/mol. The topological polar surface area (TPSA) is 86.8 Å². The molecule has 1 N–H and O–H groups in total. The van der Waals surface area contributed by atoms with Crippen molar-refractivity contribution in [2.24, 2.45) is 11.3 Å². The molecule has 0 saturated carbocycles. The zero-order valence-corrected chi connectivity index (χ0v) is 19.9. The van der Waals surface area contributed by atoms with Gasteiger partial charge in [0, 0.05) is 43.2 Å². The Hall–Kier alpha value is -1.93. The van der Waals surface area contributed by atoms with E-state index in [-0.39, 0.29) is 22.6 Å². The van der Waals surface area contributed by atoms with Gasteiger partial charge in [-0.15, -0.1) is 0 Å². The smallest absolute Gasteiger partial charge is 0.243 e. The molecule has 0 bridgehead atoms. The second-order valence-corrected chi connectivity index (χ2v) is 11.7. The van der Waals surface area contributed by atoms with Crippen molar-refractivity contribution in [2.75, 3.05) is 31.5 Å². The first-order valence-electron chi connectivity index (χ1n) is 11.2. The van der Waals surface area contributed by atoms with Gasteiger partial charge in [0.15, 0.2) is 0 Å². The molecule has 172 valence electrons. The normalized spacial score (nSPS) is 19.3. The molecule has 2 saturated heterocycles. The number of nitrogens with zero attached hydrogens (tertiary/aromatic N) is 2. The maximum atomic E-state index is 13.1. The van der Waals surface area contributed by atoms with Gasteiger partial charge < -0.3 is 10.2 Å². The lowest BCUT2D eigenvalue weighted by Gasteiger charge is -2.35. The molecule has 0 radical (unpaired) electrons. The van der Waals surface area contributed by atoms with E-state index in [0.717, 1.165) is 19.3 Å². The minimum atomic E-state index is -3.57. The van der Waals surface area contributed by atoms with Gasteiger partial charge in [-0.2, -0.15) is 4.31 Å². The minimum absolute atomic E-state index is 0.109. The van der Waals surface area contributed by atoms with Gasteiger partial charge in [-0.25, -0.2) is 8.42 Å². The number of carbonyl (C=O) groups excluding carboxylic acids is 2. The molecule has 1 aromatic rings. The molecule has 2 aliphatic rings. The molecule has 8 heteroatoms. The molecule has 31 heavy (non-hydrogen) atoms. The Morgan fingerprint density at radius 3 is 2.19 bits per heavy atom. The Morgan fingerprint density at radius 1 is 1.00 bits per heavy atom. The number of likely N-dealkylation sites (tertiary alicyclic amines) is 1. The predicted molar refractivity (Wildman–Crippen MR) is 121 cm³/mol. The summed E-state index contributed by atoms with van der Waals surface area (Å²) < 4.78 is 27.8. The fourth-order valence-corrected chi connectivity index (χ4v) is 6.03. The van der Waals surface area contributed by atoms with E-state index in [4.69, 9.17) is 0 Å². The van der Waals surface area contributed by atoms with Crippen LogP contribution in [0.25, 0.3) is 0 Å². The van der Waals surface area contributed by atoms with Gasteiger partial charge in [0.2, 0.25) is 21.8 Å². The molecule has 0 aliphatic carbocycles. The van der Waals surface area contributed by atoms with Gasteiger partial charge >= 0.3 is 0 Å². The van der Waals surface area contributed by atoms with Crippen molar-refractivity contribution < 1.29 is 18.0 Å². The fraction of sp³-hybridized carbons (Fsp3) is 0.652. The number of hydrogen-bond acceptors (Lipinski definition) is 4. The van der Waals surface area contributed by atoms with Gasteiger partial charge in [-0.3, -0.25) is 9.59 Å². The van der Waals surface area contributed by atoms with E-state index in [1.165, 1.54) is 0 Å². The number of hydrogen-bond donors (Lipinski definition) is 1. The van der Waals surface area contributed by atoms with E-state index in [1.807, 2.05) is 25.7 Å². The molecule has 0 atom stereocenters. The molecule has 2 heterocycles. The molecular weight excluding hydrogens is 414 g/mol. The van der Waals surface area contributed by atoms with Gasteiger partial charge in [-0.1, -0.05) is 33.3 Å². The van der Waals surface area contributed by atoms with Gasteiger partial charge in [0.25, 0.3) is 0 Å². The minimum Gasteiger partial charge on any atom is -0.342 e. The van der Waals surface area contributed by atoms with Crippen LogP contribution < -0.4 is 5.32 Å². The highest BCUT2D eigenvalue weighted by atomic mass is 32.2. The molecule has 2 fully saturated rings. The van der Waals surface area contributed by atoms with E-state index in [2.05, 4.69) is 5.32 Å². The number of sulfonamides is 1. The third kappa shape index (κ3) is 5.47. The lowest BCUT2D eigenvalue weighted by Crippen LogP contribution is -2.45. The molecule has 1 aromatic carbocycles. The number of benzene rings is 1. The molecule has 2 aliphatic heterocycles. The van der Waals surface area contributed by atoms with Crippen LogP contribution in [0, 0.1) is 18.3 Å². The van der Waals surface area contributed by atoms with E-state index in [0.29, 0.717) is 50.3 Å². The molecular formula is C23H35N3O4S. The third-order valence-corrected chi connectivity index (χ3v) is 8.22. The number of rotatable bonds is 4. The summed E-state index contributed by atoms with van der Waals surface area (Å²) in [5.74, 6) is -0.196. The van der Waals surface area contributed by atoms with E-state index < -0.39 is 15.4 Å². The summed E-state index contributed by atoms with van der Waals surface area (Å²) in [6.07, 6.45) is 4.04. The molecule has 0 unspecified atom stereocenters. The highest BCUT2D eigenvalue weighted by Gasteiger charge is 2.33. The Labute approximate surface area is 186 Å². The Balaban J connectivity index is 1.66. The highest BCUT2D eigenvalue weighted by molar-refractivity contribution is 7.89. The lowest BCUT2D eigenvalue weighted by atomic mass is 9.90. The first kappa shape index (κ1) is 23.7. The van der Waals surface area contributed by atoms with Crippen LogP contribution in [0.2, 0.25) is 0 Å². The zero-order valence-electron chi connectivity index (χ0n) is 19.1. The maximum Gasteiger partial charge on any atom is 0.243 e. The summed E-state index contributed by atoms with van der Waals surface area (Å²) in [5.41, 5.74) is 0.754. The molecule has 0 aromatic heterocycles. The molecule has 7 nitrogen and oxygen atoms in total. The van der Waals surface area contributed by atoms with E-state index in [9.17, 15) is 18.0 Å². The zero-order chi connectivity index (χ0) is 22.8. The van der Waals surface area contributed by atoms with E-state index >= 15 is 0 Å². The average Bonchev–Trinajstić information content (AvgIpc) is 2.74. The Kier molecular flexibility index (Phi) is 7.11. The van der Waals surface area contributed by atoms with Gasteiger partial charge in [-0.05, 0) is 50.3 Å². The predicted octanol–water partition coefficient (Wildman–Crippen LogP) is 3.39. The van der Waals surface area contributed by atoms with Crippen LogP contribution in [0.1, 0.15) is 58.4 Å². The summed E-state index contributed by atoms with van der Waals surface area (Å²) in [7, 11) is -3.57. The maximum absolute atomic E-state index is 13.1. The Bertz CT molecular complexity index is 923. The first-order chi connectivity index (χ1) is 14.5. The standard InChI is InChI=1S/C23H35N3O4S/c1-17-8-9-19(16-20(17)31(29,30)26-12-6-5-7-13-26)24-21(27)18-10-14-25(15-11-18)22(28)23(2,3)4/h8-9,16,18H,5-7,10-15H2,1-4H3,(H,24,27). The largest absolute Gasteiger partial charge is 0.342 e. The summed E-state index contributed by atoms with van der Waals surface area (Å²) >= 11 is 0. The number of amides is 2. The highest BCUT2D eigenvalue weighted by Crippen LogP contribution is 2.28. The summed E-state index contributed by atoms with van der Waals surface area (Å²) in [4.78, 5) is 27.4. The van der Waals surface area contributed by atoms with Crippen molar-refractivity contribution in [3.8, 4) is 0 Å². The number of aryl methyl sites for hydroxylation is 1. The van der Waals surface area contributed by atoms with Gasteiger partial charge in [0.05, 0.1) is 4.90 Å². The van der Waals surface area contributed by atoms with Crippen LogP contribution >= 0.6 is 0 Å². The van der Waals surface area contributed by atoms with Crippen molar-refractivity contribution in [2.45, 2.75) is 64.7 Å². The quantitative estimate of drug-likeness (QED) is 0.763. The van der Waals surface area contributed by atoms with E-state index in [1.54, 1.807) is 29.4 Å². The van der Waals surface area contributed by atoms with Crippen molar-refractivity contribution in [1.82, 2.24) is 9.21 Å². The third-order valence-electron chi connectivity index (χ3n) is 6.18. The van der Waals surface area contributed by atoms with Crippen molar-refractivity contribution >= 4 is 27.5 Å². The SMILES string of the molecule is Cc1ccc(NC(=O)C2CCN(C(=O)C(C)(C)C)CC2)cc1S(=O)(=O)N1CCCCC1. The number of carbonyl (C=O) groups is 2. The van der Waals surface area contributed by atoms with Crippen molar-refractivity contribution in [3.05, 3.63) is 23.8 Å². The number of nitrogens with one attached hydrogen (secondary N) is 1. The van der Waals surface area contributed by atoms with Crippen LogP contribution in [0.4, 0.5) is 5.69 Å². The van der Waals surface area contributed by atoms with Crippen LogP contribution in [0.15, 0.2) is 23.1 Å². The Morgan fingerprint density at radius 2 is 1.61 bits per heavy atom. The monoisotopic (exact) mass is 449 g/mol. The van der Waals surface area contributed by atoms with Crippen LogP contribution in [0.3, 0.4) is 0 Å². The van der Waals surface area contributed by atoms with Crippen molar-refractivity contribution in [1.29, 1.82) is 0 Å². The summed E-state index contributed by atoms with van der Waals surface area (Å²) in [6.45, 7) is 9.72.